The molecule has 0 amide bonds. The van der Waals surface area contributed by atoms with Crippen molar-refractivity contribution < 1.29 is 4.79 Å². The Hall–Kier alpha value is -3.14. The fraction of sp³-hybridized carbons (Fsp3) is 0.0526. The third-order valence-corrected chi connectivity index (χ3v) is 4.06. The Morgan fingerprint density at radius 3 is 2.43 bits per heavy atom. The first kappa shape index (κ1) is 13.5. The molecule has 0 aliphatic carbocycles. The molecule has 0 fully saturated rings. The second-order valence-corrected chi connectivity index (χ2v) is 5.54. The number of aromatic amines is 1. The summed E-state index contributed by atoms with van der Waals surface area (Å²) in [5.41, 5.74) is 2.50. The van der Waals surface area contributed by atoms with Crippen LogP contribution in [0.2, 0.25) is 0 Å². The molecule has 4 heteroatoms. The second kappa shape index (κ2) is 4.95. The maximum atomic E-state index is 12.5. The van der Waals surface area contributed by atoms with E-state index in [-0.39, 0.29) is 11.5 Å². The lowest BCUT2D eigenvalue weighted by molar-refractivity contribution is 0.0943. The highest BCUT2D eigenvalue weighted by atomic mass is 16.2. The van der Waals surface area contributed by atoms with Gasteiger partial charge in [-0.3, -0.25) is 14.2 Å². The van der Waals surface area contributed by atoms with E-state index in [1.54, 1.807) is 4.57 Å². The lowest BCUT2D eigenvalue weighted by Gasteiger charge is -2.07. The molecule has 0 saturated carbocycles. The number of H-pyrrole nitrogens is 1. The van der Waals surface area contributed by atoms with Crippen molar-refractivity contribution in [1.29, 1.82) is 0 Å². The molecule has 4 rings (SSSR count). The minimum absolute atomic E-state index is 0.117. The molecule has 112 valence electrons. The first-order valence-corrected chi connectivity index (χ1v) is 7.39. The van der Waals surface area contributed by atoms with Gasteiger partial charge in [-0.1, -0.05) is 36.4 Å². The summed E-state index contributed by atoms with van der Waals surface area (Å²) in [7, 11) is 0. The van der Waals surface area contributed by atoms with Gasteiger partial charge >= 0.3 is 0 Å². The summed E-state index contributed by atoms with van der Waals surface area (Å²) in [6.07, 6.45) is 0. The van der Waals surface area contributed by atoms with E-state index in [1.165, 1.54) is 6.92 Å². The Morgan fingerprint density at radius 1 is 0.957 bits per heavy atom. The van der Waals surface area contributed by atoms with Gasteiger partial charge in [0.15, 0.2) is 0 Å². The Kier molecular flexibility index (Phi) is 2.91. The molecule has 0 bridgehead atoms. The van der Waals surface area contributed by atoms with Crippen molar-refractivity contribution in [3.8, 4) is 11.3 Å². The van der Waals surface area contributed by atoms with Crippen molar-refractivity contribution in [1.82, 2.24) is 9.55 Å². The van der Waals surface area contributed by atoms with Crippen LogP contribution in [0.1, 0.15) is 11.7 Å². The standard InChI is InChI=1S/C19H14N2O2/c1-12(22)21-17-9-5-3-7-14(17)11-18(21)15-10-13-6-2-4-8-16(13)20-19(15)23/h2-11H,1H3,(H,20,23). The third-order valence-electron chi connectivity index (χ3n) is 4.06. The monoisotopic (exact) mass is 302 g/mol. The van der Waals surface area contributed by atoms with Crippen molar-refractivity contribution in [2.75, 3.05) is 0 Å². The van der Waals surface area contributed by atoms with E-state index in [2.05, 4.69) is 4.98 Å². The molecule has 0 aliphatic rings. The Labute approximate surface area is 132 Å². The zero-order valence-electron chi connectivity index (χ0n) is 12.5. The van der Waals surface area contributed by atoms with E-state index in [1.807, 2.05) is 60.7 Å². The molecule has 2 aromatic heterocycles. The molecule has 23 heavy (non-hydrogen) atoms. The molecule has 0 aliphatic heterocycles. The zero-order chi connectivity index (χ0) is 16.0. The van der Waals surface area contributed by atoms with Crippen LogP contribution in [0, 0.1) is 0 Å². The van der Waals surface area contributed by atoms with E-state index < -0.39 is 0 Å². The normalized spacial score (nSPS) is 11.2. The number of rotatable bonds is 1. The Balaban J connectivity index is 2.10. The van der Waals surface area contributed by atoms with Crippen molar-refractivity contribution in [3.63, 3.8) is 0 Å². The third kappa shape index (κ3) is 2.07. The van der Waals surface area contributed by atoms with Crippen LogP contribution >= 0.6 is 0 Å². The number of nitrogens with one attached hydrogen (secondary N) is 1. The lowest BCUT2D eigenvalue weighted by Crippen LogP contribution is -2.14. The molecule has 0 radical (unpaired) electrons. The molecule has 0 atom stereocenters. The van der Waals surface area contributed by atoms with E-state index in [0.29, 0.717) is 11.3 Å². The number of fused-ring (bicyclic) bond motifs is 2. The highest BCUT2D eigenvalue weighted by molar-refractivity contribution is 5.98. The van der Waals surface area contributed by atoms with Gasteiger partial charge in [0, 0.05) is 17.8 Å². The average molecular weight is 302 g/mol. The number of hydrogen-bond acceptors (Lipinski definition) is 2. The SMILES string of the molecule is CC(=O)n1c(-c2cc3ccccc3[nH]c2=O)cc2ccccc21. The number of para-hydroxylation sites is 2. The minimum atomic E-state index is -0.200. The molecule has 4 nitrogen and oxygen atoms in total. The van der Waals surface area contributed by atoms with Gasteiger partial charge in [-0.2, -0.15) is 0 Å². The number of aromatic nitrogens is 2. The fourth-order valence-electron chi connectivity index (χ4n) is 3.03. The van der Waals surface area contributed by atoms with Gasteiger partial charge in [0.2, 0.25) is 5.91 Å². The second-order valence-electron chi connectivity index (χ2n) is 5.54. The van der Waals surface area contributed by atoms with Crippen LogP contribution in [0.4, 0.5) is 0 Å². The summed E-state index contributed by atoms with van der Waals surface area (Å²) < 4.78 is 1.59. The molecular weight excluding hydrogens is 288 g/mol. The Bertz CT molecular complexity index is 1120. The van der Waals surface area contributed by atoms with E-state index in [9.17, 15) is 9.59 Å². The molecular formula is C19H14N2O2. The minimum Gasteiger partial charge on any atom is -0.321 e. The van der Waals surface area contributed by atoms with Crippen molar-refractivity contribution in [2.24, 2.45) is 0 Å². The van der Waals surface area contributed by atoms with Crippen LogP contribution in [-0.2, 0) is 0 Å². The zero-order valence-corrected chi connectivity index (χ0v) is 12.5. The van der Waals surface area contributed by atoms with Gasteiger partial charge in [0.05, 0.1) is 16.8 Å². The number of carbonyl (C=O) groups is 1. The summed E-state index contributed by atoms with van der Waals surface area (Å²) in [6.45, 7) is 1.51. The molecule has 0 unspecified atom stereocenters. The molecule has 1 N–H and O–H groups in total. The smallest absolute Gasteiger partial charge is 0.257 e. The average Bonchev–Trinajstić information content (AvgIpc) is 2.93. The number of pyridine rings is 1. The van der Waals surface area contributed by atoms with Gasteiger partial charge in [-0.25, -0.2) is 0 Å². The van der Waals surface area contributed by atoms with Gasteiger partial charge in [0.25, 0.3) is 5.56 Å². The van der Waals surface area contributed by atoms with Gasteiger partial charge in [0.1, 0.15) is 0 Å². The highest BCUT2D eigenvalue weighted by Crippen LogP contribution is 2.27. The van der Waals surface area contributed by atoms with Crippen molar-refractivity contribution in [3.05, 3.63) is 71.0 Å². The lowest BCUT2D eigenvalue weighted by atomic mass is 10.1. The van der Waals surface area contributed by atoms with Crippen LogP contribution in [0.5, 0.6) is 0 Å². The quantitative estimate of drug-likeness (QED) is 0.581. The summed E-state index contributed by atoms with van der Waals surface area (Å²) in [4.78, 5) is 27.5. The predicted octanol–water partition coefficient (Wildman–Crippen LogP) is 3.81. The summed E-state index contributed by atoms with van der Waals surface area (Å²) >= 11 is 0. The van der Waals surface area contributed by atoms with Gasteiger partial charge in [-0.15, -0.1) is 0 Å². The maximum absolute atomic E-state index is 12.5. The Morgan fingerprint density at radius 2 is 1.65 bits per heavy atom. The van der Waals surface area contributed by atoms with E-state index >= 15 is 0 Å². The molecule has 2 aromatic carbocycles. The fourth-order valence-corrected chi connectivity index (χ4v) is 3.03. The van der Waals surface area contributed by atoms with E-state index in [4.69, 9.17) is 0 Å². The topological polar surface area (TPSA) is 54.9 Å². The molecule has 0 saturated heterocycles. The number of carbonyl (C=O) groups excluding carboxylic acids is 1. The first-order valence-electron chi connectivity index (χ1n) is 7.39. The number of benzene rings is 2. The predicted molar refractivity (Wildman–Crippen MR) is 91.8 cm³/mol. The number of hydrogen-bond donors (Lipinski definition) is 1. The highest BCUT2D eigenvalue weighted by Gasteiger charge is 2.16. The van der Waals surface area contributed by atoms with Gasteiger partial charge in [-0.05, 0) is 29.7 Å². The van der Waals surface area contributed by atoms with Crippen molar-refractivity contribution in [2.45, 2.75) is 6.92 Å². The van der Waals surface area contributed by atoms with Crippen LogP contribution in [0.3, 0.4) is 0 Å². The van der Waals surface area contributed by atoms with Crippen molar-refractivity contribution >= 4 is 27.7 Å². The molecule has 2 heterocycles. The van der Waals surface area contributed by atoms with Crippen LogP contribution < -0.4 is 5.56 Å². The summed E-state index contributed by atoms with van der Waals surface area (Å²) in [6, 6.07) is 18.9. The van der Waals surface area contributed by atoms with Crippen LogP contribution in [0.15, 0.2) is 65.5 Å². The largest absolute Gasteiger partial charge is 0.321 e. The molecule has 4 aromatic rings. The number of nitrogens with zero attached hydrogens (tertiary/aromatic N) is 1. The van der Waals surface area contributed by atoms with Gasteiger partial charge < -0.3 is 4.98 Å². The molecule has 0 spiro atoms. The van der Waals surface area contributed by atoms with Crippen LogP contribution in [-0.4, -0.2) is 15.5 Å². The maximum Gasteiger partial charge on any atom is 0.257 e. The summed E-state index contributed by atoms with van der Waals surface area (Å²) in [5.74, 6) is -0.117. The summed E-state index contributed by atoms with van der Waals surface area (Å²) in [5, 5.41) is 1.87. The van der Waals surface area contributed by atoms with E-state index in [0.717, 1.165) is 21.8 Å². The van der Waals surface area contributed by atoms with Crippen LogP contribution in [0.25, 0.3) is 33.1 Å². The first-order chi connectivity index (χ1) is 11.1.